The minimum atomic E-state index is -3.77. The summed E-state index contributed by atoms with van der Waals surface area (Å²) in [6.45, 7) is 0.329. The second-order valence-electron chi connectivity index (χ2n) is 5.07. The van der Waals surface area contributed by atoms with Crippen molar-refractivity contribution in [1.29, 1.82) is 0 Å². The van der Waals surface area contributed by atoms with Gasteiger partial charge in [0.1, 0.15) is 16.9 Å². The van der Waals surface area contributed by atoms with Crippen LogP contribution < -0.4 is 5.32 Å². The molecule has 0 bridgehead atoms. The van der Waals surface area contributed by atoms with Crippen molar-refractivity contribution in [1.82, 2.24) is 14.2 Å². The molecule has 0 aromatic carbocycles. The Morgan fingerprint density at radius 2 is 2.14 bits per heavy atom. The molecule has 21 heavy (non-hydrogen) atoms. The summed E-state index contributed by atoms with van der Waals surface area (Å²) >= 11 is 0. The van der Waals surface area contributed by atoms with Crippen LogP contribution in [0, 0.1) is 0 Å². The fraction of sp³-hybridized carbons (Fsp3) is 0.538. The number of aryl methyl sites for hydroxylation is 1. The maximum absolute atomic E-state index is 12.7. The van der Waals surface area contributed by atoms with Crippen LogP contribution in [0.1, 0.15) is 29.8 Å². The van der Waals surface area contributed by atoms with Crippen LogP contribution in [0.5, 0.6) is 0 Å². The van der Waals surface area contributed by atoms with E-state index in [4.69, 9.17) is 0 Å². The van der Waals surface area contributed by atoms with E-state index in [2.05, 4.69) is 5.32 Å². The van der Waals surface area contributed by atoms with E-state index in [-0.39, 0.29) is 16.5 Å². The van der Waals surface area contributed by atoms with E-state index in [1.54, 1.807) is 7.05 Å². The molecule has 1 aliphatic heterocycles. The summed E-state index contributed by atoms with van der Waals surface area (Å²) < 4.78 is 28.0. The Hall–Kier alpha value is -1.67. The predicted octanol–water partition coefficient (Wildman–Crippen LogP) is 0.127. The van der Waals surface area contributed by atoms with E-state index in [0.29, 0.717) is 19.3 Å². The molecule has 1 aromatic rings. The van der Waals surface area contributed by atoms with Gasteiger partial charge in [-0.2, -0.15) is 4.31 Å². The molecule has 1 N–H and O–H groups in total. The number of piperidine rings is 1. The zero-order valence-corrected chi connectivity index (χ0v) is 12.9. The molecule has 0 saturated carbocycles. The van der Waals surface area contributed by atoms with Crippen molar-refractivity contribution < 1.29 is 18.0 Å². The fourth-order valence-electron chi connectivity index (χ4n) is 2.53. The van der Waals surface area contributed by atoms with Crippen molar-refractivity contribution in [3.8, 4) is 0 Å². The predicted molar refractivity (Wildman–Crippen MR) is 76.4 cm³/mol. The zero-order valence-electron chi connectivity index (χ0n) is 12.1. The lowest BCUT2D eigenvalue weighted by Gasteiger charge is -2.30. The molecule has 0 aliphatic carbocycles. The maximum Gasteiger partial charge on any atom is 0.267 e. The van der Waals surface area contributed by atoms with Crippen LogP contribution in [0.15, 0.2) is 17.2 Å². The molecule has 1 aromatic heterocycles. The van der Waals surface area contributed by atoms with Crippen LogP contribution in [0.3, 0.4) is 0 Å². The van der Waals surface area contributed by atoms with Crippen molar-refractivity contribution in [3.63, 3.8) is 0 Å². The zero-order chi connectivity index (χ0) is 15.6. The van der Waals surface area contributed by atoms with Crippen LogP contribution in [0.4, 0.5) is 0 Å². The molecule has 1 fully saturated rings. The van der Waals surface area contributed by atoms with Crippen LogP contribution in [-0.2, 0) is 21.9 Å². The third kappa shape index (κ3) is 2.86. The monoisotopic (exact) mass is 313 g/mol. The van der Waals surface area contributed by atoms with Gasteiger partial charge in [-0.05, 0) is 18.9 Å². The Morgan fingerprint density at radius 3 is 2.76 bits per heavy atom. The van der Waals surface area contributed by atoms with Crippen molar-refractivity contribution >= 4 is 22.2 Å². The summed E-state index contributed by atoms with van der Waals surface area (Å²) in [4.78, 5) is 22.8. The molecule has 1 saturated heterocycles. The largest absolute Gasteiger partial charge is 0.354 e. The van der Waals surface area contributed by atoms with Gasteiger partial charge in [0, 0.05) is 26.8 Å². The summed E-state index contributed by atoms with van der Waals surface area (Å²) in [6, 6.07) is 0.720. The lowest BCUT2D eigenvalue weighted by molar-refractivity contribution is -0.111. The average Bonchev–Trinajstić information content (AvgIpc) is 2.89. The lowest BCUT2D eigenvalue weighted by Crippen LogP contribution is -2.44. The minimum Gasteiger partial charge on any atom is -0.354 e. The Balaban J connectivity index is 2.39. The Bertz CT molecular complexity index is 650. The summed E-state index contributed by atoms with van der Waals surface area (Å²) in [5.41, 5.74) is 0.260. The van der Waals surface area contributed by atoms with Gasteiger partial charge in [0.25, 0.3) is 5.91 Å². The molecule has 116 valence electrons. The van der Waals surface area contributed by atoms with Crippen LogP contribution in [0.25, 0.3) is 0 Å². The number of rotatable bonds is 4. The highest BCUT2D eigenvalue weighted by atomic mass is 32.2. The van der Waals surface area contributed by atoms with E-state index in [0.717, 1.165) is 12.8 Å². The second-order valence-corrected chi connectivity index (χ2v) is 6.96. The summed E-state index contributed by atoms with van der Waals surface area (Å²) in [6.07, 6.45) is 4.19. The Labute approximate surface area is 124 Å². The molecular formula is C13H19N3O4S. The van der Waals surface area contributed by atoms with Gasteiger partial charge >= 0.3 is 0 Å². The van der Waals surface area contributed by atoms with E-state index in [1.807, 2.05) is 0 Å². The fourth-order valence-corrected chi connectivity index (χ4v) is 4.23. The molecule has 2 rings (SSSR count). The first-order chi connectivity index (χ1) is 9.91. The SMILES string of the molecule is CNC(=O)c1cc(S(=O)(=O)N2CCCCC2C=O)cn1C. The van der Waals surface area contributed by atoms with Gasteiger partial charge in [-0.25, -0.2) is 8.42 Å². The number of hydrogen-bond acceptors (Lipinski definition) is 4. The van der Waals surface area contributed by atoms with E-state index >= 15 is 0 Å². The maximum atomic E-state index is 12.7. The molecule has 8 heteroatoms. The van der Waals surface area contributed by atoms with Gasteiger partial charge < -0.3 is 14.7 Å². The number of carbonyl (C=O) groups excluding carboxylic acids is 2. The number of sulfonamides is 1. The minimum absolute atomic E-state index is 0.0392. The molecule has 7 nitrogen and oxygen atoms in total. The van der Waals surface area contributed by atoms with E-state index in [9.17, 15) is 18.0 Å². The number of aromatic nitrogens is 1. The van der Waals surface area contributed by atoms with Crippen molar-refractivity contribution in [2.45, 2.75) is 30.2 Å². The molecular weight excluding hydrogens is 294 g/mol. The molecule has 0 radical (unpaired) electrons. The van der Waals surface area contributed by atoms with Crippen LogP contribution >= 0.6 is 0 Å². The average molecular weight is 313 g/mol. The number of nitrogens with zero attached hydrogens (tertiary/aromatic N) is 2. The van der Waals surface area contributed by atoms with Gasteiger partial charge in [0.2, 0.25) is 10.0 Å². The molecule has 1 unspecified atom stereocenters. The van der Waals surface area contributed by atoms with Gasteiger partial charge in [-0.1, -0.05) is 6.42 Å². The normalized spacial score (nSPS) is 20.2. The summed E-state index contributed by atoms with van der Waals surface area (Å²) in [5.74, 6) is -0.357. The number of amides is 1. The summed E-state index contributed by atoms with van der Waals surface area (Å²) in [7, 11) is -0.675. The molecule has 1 amide bonds. The Morgan fingerprint density at radius 1 is 1.43 bits per heavy atom. The Kier molecular flexibility index (Phi) is 4.48. The van der Waals surface area contributed by atoms with E-state index in [1.165, 1.54) is 28.2 Å². The topological polar surface area (TPSA) is 88.5 Å². The summed E-state index contributed by atoms with van der Waals surface area (Å²) in [5, 5.41) is 2.46. The number of nitrogens with one attached hydrogen (secondary N) is 1. The van der Waals surface area contributed by atoms with Gasteiger partial charge in [-0.15, -0.1) is 0 Å². The number of aldehydes is 1. The highest BCUT2D eigenvalue weighted by molar-refractivity contribution is 7.89. The number of hydrogen-bond donors (Lipinski definition) is 1. The quantitative estimate of drug-likeness (QED) is 0.800. The van der Waals surface area contributed by atoms with Crippen molar-refractivity contribution in [3.05, 3.63) is 18.0 Å². The molecule has 1 atom stereocenters. The standard InChI is InChI=1S/C13H19N3O4S/c1-14-13(18)12-7-11(8-15(12)2)21(19,20)16-6-4-3-5-10(16)9-17/h7-10H,3-6H2,1-2H3,(H,14,18). The van der Waals surface area contributed by atoms with E-state index < -0.39 is 16.1 Å². The van der Waals surface area contributed by atoms with Gasteiger partial charge in [-0.3, -0.25) is 4.79 Å². The smallest absolute Gasteiger partial charge is 0.267 e. The third-order valence-corrected chi connectivity index (χ3v) is 5.59. The second kappa shape index (κ2) is 5.98. The highest BCUT2D eigenvalue weighted by Gasteiger charge is 2.34. The van der Waals surface area contributed by atoms with Crippen LogP contribution in [-0.4, -0.2) is 49.1 Å². The molecule has 0 spiro atoms. The lowest BCUT2D eigenvalue weighted by atomic mass is 10.1. The molecule has 1 aliphatic rings. The first kappa shape index (κ1) is 15.7. The van der Waals surface area contributed by atoms with Crippen molar-refractivity contribution in [2.75, 3.05) is 13.6 Å². The number of carbonyl (C=O) groups is 2. The van der Waals surface area contributed by atoms with Crippen molar-refractivity contribution in [2.24, 2.45) is 7.05 Å². The van der Waals surface area contributed by atoms with Gasteiger partial charge in [0.05, 0.1) is 6.04 Å². The highest BCUT2D eigenvalue weighted by Crippen LogP contribution is 2.25. The van der Waals surface area contributed by atoms with Gasteiger partial charge in [0.15, 0.2) is 0 Å². The third-order valence-electron chi connectivity index (χ3n) is 3.70. The first-order valence-electron chi connectivity index (χ1n) is 6.77. The van der Waals surface area contributed by atoms with Crippen LogP contribution in [0.2, 0.25) is 0 Å². The molecule has 2 heterocycles. The first-order valence-corrected chi connectivity index (χ1v) is 8.21.